The van der Waals surface area contributed by atoms with Crippen molar-refractivity contribution in [1.82, 2.24) is 0 Å². The molecule has 0 saturated heterocycles. The summed E-state index contributed by atoms with van der Waals surface area (Å²) in [6.45, 7) is 1.92. The number of amidine groups is 1. The van der Waals surface area contributed by atoms with Gasteiger partial charge in [-0.1, -0.05) is 12.1 Å². The first kappa shape index (κ1) is 21.4. The summed E-state index contributed by atoms with van der Waals surface area (Å²) in [5, 5.41) is 26.1. The Labute approximate surface area is 190 Å². The van der Waals surface area contributed by atoms with Crippen LogP contribution >= 0.6 is 0 Å². The van der Waals surface area contributed by atoms with Crippen molar-refractivity contribution in [2.45, 2.75) is 31.8 Å². The summed E-state index contributed by atoms with van der Waals surface area (Å²) in [5.74, 6) is -0.958. The summed E-state index contributed by atoms with van der Waals surface area (Å²) in [6.07, 6.45) is 2.01. The van der Waals surface area contributed by atoms with Crippen LogP contribution in [0.1, 0.15) is 26.2 Å². The van der Waals surface area contributed by atoms with Gasteiger partial charge in [0, 0.05) is 19.2 Å². The van der Waals surface area contributed by atoms with Crippen LogP contribution in [0.5, 0.6) is 0 Å². The van der Waals surface area contributed by atoms with Crippen LogP contribution in [0.25, 0.3) is 0 Å². The van der Waals surface area contributed by atoms with Crippen LogP contribution in [0, 0.1) is 11.1 Å². The Morgan fingerprint density at radius 3 is 2.61 bits per heavy atom. The fourth-order valence-electron chi connectivity index (χ4n) is 5.28. The number of rotatable bonds is 4. The van der Waals surface area contributed by atoms with E-state index in [0.29, 0.717) is 29.9 Å². The van der Waals surface area contributed by atoms with Crippen molar-refractivity contribution < 1.29 is 24.8 Å². The Morgan fingerprint density at radius 1 is 1.24 bits per heavy atom. The van der Waals surface area contributed by atoms with Gasteiger partial charge in [0.1, 0.15) is 0 Å². The van der Waals surface area contributed by atoms with E-state index in [4.69, 9.17) is 9.84 Å². The summed E-state index contributed by atoms with van der Waals surface area (Å²) in [6, 6.07) is 13.8. The molecule has 1 aliphatic carbocycles. The zero-order valence-electron chi connectivity index (χ0n) is 18.4. The van der Waals surface area contributed by atoms with E-state index in [-0.39, 0.29) is 24.0 Å². The zero-order valence-corrected chi connectivity index (χ0v) is 18.4. The van der Waals surface area contributed by atoms with Crippen LogP contribution in [-0.4, -0.2) is 42.2 Å². The molecule has 1 unspecified atom stereocenters. The minimum Gasteiger partial charge on any atom is -0.595 e. The largest absolute Gasteiger partial charge is 0.595 e. The molecule has 33 heavy (non-hydrogen) atoms. The molecule has 0 bridgehead atoms. The third-order valence-corrected chi connectivity index (χ3v) is 6.69. The van der Waals surface area contributed by atoms with Gasteiger partial charge in [-0.3, -0.25) is 9.69 Å². The molecule has 10 heteroatoms. The normalized spacial score (nSPS) is 24.6. The van der Waals surface area contributed by atoms with Gasteiger partial charge in [-0.2, -0.15) is 5.23 Å². The smallest absolute Gasteiger partial charge is 0.376 e. The summed E-state index contributed by atoms with van der Waals surface area (Å²) in [4.78, 5) is 30.3. The van der Waals surface area contributed by atoms with Gasteiger partial charge >= 0.3 is 5.97 Å². The molecule has 0 radical (unpaired) electrons. The van der Waals surface area contributed by atoms with Crippen LogP contribution in [0.4, 0.5) is 22.7 Å². The number of amides is 1. The van der Waals surface area contributed by atoms with Crippen molar-refractivity contribution >= 4 is 40.5 Å². The second-order valence-corrected chi connectivity index (χ2v) is 8.35. The number of ether oxygens (including phenoxy) is 1. The highest BCUT2D eigenvalue weighted by Gasteiger charge is 2.63. The van der Waals surface area contributed by atoms with Gasteiger partial charge in [0.15, 0.2) is 11.4 Å². The second-order valence-electron chi connectivity index (χ2n) is 8.35. The average Bonchev–Trinajstić information content (AvgIpc) is 3.39. The van der Waals surface area contributed by atoms with Crippen LogP contribution in [0.15, 0.2) is 53.6 Å². The highest BCUT2D eigenvalue weighted by molar-refractivity contribution is 6.43. The molecule has 0 aromatic heterocycles. The lowest BCUT2D eigenvalue weighted by Crippen LogP contribution is -2.99. The van der Waals surface area contributed by atoms with Crippen LogP contribution in [0.3, 0.4) is 0 Å². The van der Waals surface area contributed by atoms with E-state index in [1.165, 1.54) is 12.1 Å². The SMILES string of the molecule is CCOC(=O)C1=NN(c2ccc([NH+]([O-])O)cc2)[C@@]23CCC[C@H]2C(=O)N(C)c2ccccc2N13. The molecule has 2 aromatic carbocycles. The van der Waals surface area contributed by atoms with E-state index >= 15 is 0 Å². The van der Waals surface area contributed by atoms with Crippen LogP contribution in [-0.2, 0) is 14.3 Å². The molecule has 2 aromatic rings. The minimum atomic E-state index is -1.03. The van der Waals surface area contributed by atoms with Gasteiger partial charge in [-0.25, -0.2) is 15.0 Å². The number of carbonyl (C=O) groups is 2. The molecular weight excluding hydrogens is 426 g/mol. The van der Waals surface area contributed by atoms with Crippen molar-refractivity contribution in [3.8, 4) is 0 Å². The Morgan fingerprint density at radius 2 is 1.94 bits per heavy atom. The van der Waals surface area contributed by atoms with Crippen molar-refractivity contribution in [2.75, 3.05) is 28.5 Å². The van der Waals surface area contributed by atoms with Crippen molar-refractivity contribution in [3.63, 3.8) is 0 Å². The molecule has 2 aliphatic heterocycles. The second kappa shape index (κ2) is 7.84. The summed E-state index contributed by atoms with van der Waals surface area (Å²) >= 11 is 0. The lowest BCUT2D eigenvalue weighted by Gasteiger charge is -2.43. The first-order valence-electron chi connectivity index (χ1n) is 11.0. The summed E-state index contributed by atoms with van der Waals surface area (Å²) in [7, 11) is 1.75. The number of nitrogens with zero attached hydrogens (tertiary/aromatic N) is 4. The number of hydrazone groups is 1. The first-order chi connectivity index (χ1) is 15.9. The Kier molecular flexibility index (Phi) is 5.08. The third-order valence-electron chi connectivity index (χ3n) is 6.69. The van der Waals surface area contributed by atoms with Gasteiger partial charge in [0.05, 0.1) is 29.6 Å². The number of fused-ring (bicyclic) bond motifs is 2. The van der Waals surface area contributed by atoms with Gasteiger partial charge in [-0.15, -0.1) is 5.10 Å². The maximum absolute atomic E-state index is 13.7. The molecule has 5 rings (SSSR count). The predicted octanol–water partition coefficient (Wildman–Crippen LogP) is 1.77. The monoisotopic (exact) mass is 451 g/mol. The first-order valence-corrected chi connectivity index (χ1v) is 11.0. The molecule has 2 heterocycles. The lowest BCUT2D eigenvalue weighted by molar-refractivity contribution is -0.991. The van der Waals surface area contributed by atoms with Crippen LogP contribution < -0.4 is 20.0 Å². The number of hydrogen-bond donors (Lipinski definition) is 2. The molecule has 1 spiro atoms. The third kappa shape index (κ3) is 3.02. The van der Waals surface area contributed by atoms with Gasteiger partial charge < -0.3 is 14.8 Å². The summed E-state index contributed by atoms with van der Waals surface area (Å²) < 4.78 is 5.35. The van der Waals surface area contributed by atoms with Crippen molar-refractivity contribution in [2.24, 2.45) is 11.0 Å². The zero-order chi connectivity index (χ0) is 23.3. The number of anilines is 3. The van der Waals surface area contributed by atoms with Gasteiger partial charge in [0.2, 0.25) is 11.7 Å². The Hall–Kier alpha value is -3.47. The highest BCUT2D eigenvalue weighted by Crippen LogP contribution is 2.54. The van der Waals surface area contributed by atoms with Crippen LogP contribution in [0.2, 0.25) is 0 Å². The highest BCUT2D eigenvalue weighted by atomic mass is 16.8. The molecule has 1 saturated carbocycles. The Bertz CT molecular complexity index is 1130. The molecule has 1 fully saturated rings. The standard InChI is InChI=1S/C23H25N5O5/c1-3-33-22(30)20-24-27(15-10-12-16(13-11-15)28(31)32)23-14-6-7-17(23)21(29)25(2)18-8-4-5-9-19(18)26(20)23/h4-5,8-13,17,28,31H,3,6-7,14H2,1-2H3/t17-,23-/m0/s1. The van der Waals surface area contributed by atoms with E-state index in [0.717, 1.165) is 6.42 Å². The van der Waals surface area contributed by atoms with Crippen molar-refractivity contribution in [1.29, 1.82) is 0 Å². The lowest BCUT2D eigenvalue weighted by atomic mass is 9.92. The number of esters is 1. The number of nitrogens with one attached hydrogen (secondary N) is 1. The van der Waals surface area contributed by atoms with Gasteiger partial charge in [-0.05, 0) is 50.5 Å². The molecule has 3 atom stereocenters. The quantitative estimate of drug-likeness (QED) is 0.538. The molecular formula is C23H25N5O5. The number of para-hydroxylation sites is 2. The van der Waals surface area contributed by atoms with E-state index in [1.54, 1.807) is 36.0 Å². The van der Waals surface area contributed by atoms with E-state index < -0.39 is 22.8 Å². The number of carbonyl (C=O) groups excluding carboxylic acids is 2. The van der Waals surface area contributed by atoms with E-state index in [2.05, 4.69) is 0 Å². The fourth-order valence-corrected chi connectivity index (χ4v) is 5.28. The fraction of sp³-hybridized carbons (Fsp3) is 0.348. The van der Waals surface area contributed by atoms with Crippen molar-refractivity contribution in [3.05, 3.63) is 53.7 Å². The maximum atomic E-state index is 13.7. The molecule has 3 aliphatic rings. The molecule has 1 amide bonds. The number of benzene rings is 2. The average molecular weight is 451 g/mol. The summed E-state index contributed by atoms with van der Waals surface area (Å²) in [5.41, 5.74) is 1.20. The minimum absolute atomic E-state index is 0.0464. The molecule has 2 N–H and O–H groups in total. The predicted molar refractivity (Wildman–Crippen MR) is 121 cm³/mol. The van der Waals surface area contributed by atoms with E-state index in [9.17, 15) is 20.0 Å². The molecule has 172 valence electrons. The maximum Gasteiger partial charge on any atom is 0.376 e. The topological polar surface area (TPSA) is 113 Å². The number of hydrogen-bond acceptors (Lipinski definition) is 8. The Balaban J connectivity index is 1.74. The van der Waals surface area contributed by atoms with E-state index in [1.807, 2.05) is 29.2 Å². The molecule has 10 nitrogen and oxygen atoms in total. The number of quaternary nitrogens is 1. The van der Waals surface area contributed by atoms with Gasteiger partial charge in [0.25, 0.3) is 0 Å².